The standard InChI is InChI=1S/C27H23FN8S/c1-37(2,3)31-12-16-9-18(11-19(28)10-16)20-14-30-15-23-24(20)34-27(33-23)26-25-22(35-36-26)7-6-21(32-25)17-5-4-8-29-13-17/h4-11,13-15,31H,1-2,12H2,3H3,(H,33,34)(H,35,36). The van der Waals surface area contributed by atoms with Crippen molar-refractivity contribution >= 4 is 43.2 Å². The molecule has 184 valence electrons. The van der Waals surface area contributed by atoms with Gasteiger partial charge in [0.05, 0.1) is 28.4 Å². The Morgan fingerprint density at radius 1 is 0.946 bits per heavy atom. The molecule has 6 rings (SSSR count). The maximum Gasteiger partial charge on any atom is 0.161 e. The van der Waals surface area contributed by atoms with Crippen LogP contribution in [-0.4, -0.2) is 53.1 Å². The normalized spacial score (nSPS) is 11.9. The number of H-pyrrole nitrogens is 2. The Balaban J connectivity index is 1.44. The van der Waals surface area contributed by atoms with Gasteiger partial charge in [0.2, 0.25) is 0 Å². The number of fused-ring (bicyclic) bond motifs is 2. The van der Waals surface area contributed by atoms with Gasteiger partial charge in [-0.15, -0.1) is 0 Å². The van der Waals surface area contributed by atoms with Crippen molar-refractivity contribution in [3.05, 3.63) is 78.6 Å². The minimum absolute atomic E-state index is 0.336. The average Bonchev–Trinajstić information content (AvgIpc) is 3.51. The Hall–Kier alpha value is -4.41. The summed E-state index contributed by atoms with van der Waals surface area (Å²) >= 11 is 0. The predicted octanol–water partition coefficient (Wildman–Crippen LogP) is 5.07. The smallest absolute Gasteiger partial charge is 0.161 e. The van der Waals surface area contributed by atoms with E-state index in [1.165, 1.54) is 12.1 Å². The number of hydrogen-bond acceptors (Lipinski definition) is 6. The van der Waals surface area contributed by atoms with Crippen molar-refractivity contribution in [1.82, 2.24) is 39.8 Å². The predicted molar refractivity (Wildman–Crippen MR) is 150 cm³/mol. The summed E-state index contributed by atoms with van der Waals surface area (Å²) < 4.78 is 17.9. The van der Waals surface area contributed by atoms with Crippen molar-refractivity contribution in [2.45, 2.75) is 6.54 Å². The third kappa shape index (κ3) is 4.59. The van der Waals surface area contributed by atoms with Gasteiger partial charge < -0.3 is 4.98 Å². The first kappa shape index (κ1) is 23.0. The molecule has 5 heterocycles. The van der Waals surface area contributed by atoms with Gasteiger partial charge in [-0.3, -0.25) is 19.8 Å². The van der Waals surface area contributed by atoms with E-state index in [-0.39, 0.29) is 5.82 Å². The summed E-state index contributed by atoms with van der Waals surface area (Å²) in [5.74, 6) is 8.26. The molecule has 0 aliphatic rings. The lowest BCUT2D eigenvalue weighted by molar-refractivity contribution is 0.625. The van der Waals surface area contributed by atoms with Crippen LogP contribution in [0.25, 0.3) is 56.0 Å². The van der Waals surface area contributed by atoms with Crippen LogP contribution in [0, 0.1) is 5.82 Å². The van der Waals surface area contributed by atoms with Gasteiger partial charge >= 0.3 is 0 Å². The number of nitrogens with one attached hydrogen (secondary N) is 3. The first-order valence-electron chi connectivity index (χ1n) is 11.4. The molecule has 8 nitrogen and oxygen atoms in total. The van der Waals surface area contributed by atoms with Crippen molar-refractivity contribution < 1.29 is 4.39 Å². The van der Waals surface area contributed by atoms with Crippen molar-refractivity contribution in [2.75, 3.05) is 6.26 Å². The number of aromatic amines is 2. The molecule has 0 amide bonds. The van der Waals surface area contributed by atoms with Gasteiger partial charge in [-0.2, -0.15) is 14.5 Å². The Bertz CT molecular complexity index is 1870. The van der Waals surface area contributed by atoms with Gasteiger partial charge in [0.25, 0.3) is 0 Å². The van der Waals surface area contributed by atoms with E-state index in [0.29, 0.717) is 45.7 Å². The van der Waals surface area contributed by atoms with E-state index in [0.717, 1.165) is 22.3 Å². The highest BCUT2D eigenvalue weighted by Crippen LogP contribution is 2.32. The maximum absolute atomic E-state index is 14.6. The molecule has 0 saturated carbocycles. The lowest BCUT2D eigenvalue weighted by Gasteiger charge is -2.12. The van der Waals surface area contributed by atoms with E-state index in [9.17, 15) is 4.39 Å². The highest BCUT2D eigenvalue weighted by molar-refractivity contribution is 8.25. The molecular weight excluding hydrogens is 487 g/mol. The molecule has 0 saturated heterocycles. The van der Waals surface area contributed by atoms with Gasteiger partial charge in [0.15, 0.2) is 11.5 Å². The minimum Gasteiger partial charge on any atom is -0.335 e. The molecule has 10 heteroatoms. The summed E-state index contributed by atoms with van der Waals surface area (Å²) in [5.41, 5.74) is 7.30. The van der Waals surface area contributed by atoms with Crippen molar-refractivity contribution in [3.8, 4) is 33.9 Å². The third-order valence-corrected chi connectivity index (χ3v) is 6.72. The molecule has 3 N–H and O–H groups in total. The molecule has 0 spiro atoms. The quantitative estimate of drug-likeness (QED) is 0.270. The number of imidazole rings is 1. The maximum atomic E-state index is 14.6. The Labute approximate surface area is 212 Å². The third-order valence-electron chi connectivity index (χ3n) is 5.88. The molecule has 0 aliphatic carbocycles. The molecule has 1 aromatic carbocycles. The second kappa shape index (κ2) is 8.91. The van der Waals surface area contributed by atoms with E-state index in [4.69, 9.17) is 9.97 Å². The van der Waals surface area contributed by atoms with E-state index < -0.39 is 9.39 Å². The Kier molecular flexibility index (Phi) is 5.54. The molecular formula is C27H23FN8S. The minimum atomic E-state index is -1.43. The fraction of sp³-hybridized carbons (Fsp3) is 0.0741. The number of aromatic nitrogens is 7. The van der Waals surface area contributed by atoms with Crippen LogP contribution in [0.1, 0.15) is 5.56 Å². The average molecular weight is 511 g/mol. The second-order valence-corrected chi connectivity index (χ2v) is 11.9. The number of nitrogens with zero attached hydrogens (tertiary/aromatic N) is 5. The molecule has 0 radical (unpaired) electrons. The molecule has 6 aromatic rings. The van der Waals surface area contributed by atoms with E-state index >= 15 is 0 Å². The lowest BCUT2D eigenvalue weighted by Crippen LogP contribution is -2.08. The van der Waals surface area contributed by atoms with Crippen molar-refractivity contribution in [1.29, 1.82) is 0 Å². The monoisotopic (exact) mass is 510 g/mol. The topological polar surface area (TPSA) is 108 Å². The molecule has 0 aliphatic heterocycles. The Morgan fingerprint density at radius 2 is 1.84 bits per heavy atom. The zero-order valence-electron chi connectivity index (χ0n) is 20.0. The fourth-order valence-corrected chi connectivity index (χ4v) is 4.68. The van der Waals surface area contributed by atoms with Gasteiger partial charge in [-0.05, 0) is 59.8 Å². The van der Waals surface area contributed by atoms with Crippen LogP contribution in [0.3, 0.4) is 0 Å². The van der Waals surface area contributed by atoms with Crippen molar-refractivity contribution in [3.63, 3.8) is 0 Å². The fourth-order valence-electron chi connectivity index (χ4n) is 4.16. The molecule has 5 aromatic heterocycles. The zero-order chi connectivity index (χ0) is 25.6. The van der Waals surface area contributed by atoms with Crippen LogP contribution in [0.5, 0.6) is 0 Å². The Morgan fingerprint density at radius 3 is 2.65 bits per heavy atom. The first-order valence-corrected chi connectivity index (χ1v) is 13.8. The van der Waals surface area contributed by atoms with Crippen LogP contribution in [0.2, 0.25) is 0 Å². The number of pyridine rings is 3. The zero-order valence-corrected chi connectivity index (χ0v) is 20.8. The number of rotatable bonds is 6. The van der Waals surface area contributed by atoms with E-state index in [1.54, 1.807) is 24.8 Å². The highest BCUT2D eigenvalue weighted by atomic mass is 32.2. The van der Waals surface area contributed by atoms with Gasteiger partial charge in [0, 0.05) is 36.3 Å². The lowest BCUT2D eigenvalue weighted by atomic mass is 10.0. The second-order valence-electron chi connectivity index (χ2n) is 9.02. The van der Waals surface area contributed by atoms with E-state index in [1.807, 2.05) is 36.6 Å². The van der Waals surface area contributed by atoms with Gasteiger partial charge in [-0.1, -0.05) is 11.7 Å². The van der Waals surface area contributed by atoms with Crippen molar-refractivity contribution in [2.24, 2.45) is 0 Å². The SMILES string of the molecule is C=S(=C)(C)NCc1cc(F)cc(-c2cncc3[nH]c(-c4n[nH]c5ccc(-c6cccnc6)nc45)nc23)c1. The van der Waals surface area contributed by atoms with E-state index in [2.05, 4.69) is 41.6 Å². The van der Waals surface area contributed by atoms with Crippen LogP contribution in [0.4, 0.5) is 4.39 Å². The summed E-state index contributed by atoms with van der Waals surface area (Å²) in [6.07, 6.45) is 8.82. The van der Waals surface area contributed by atoms with Crippen LogP contribution >= 0.6 is 9.39 Å². The van der Waals surface area contributed by atoms with Gasteiger partial charge in [-0.25, -0.2) is 14.4 Å². The van der Waals surface area contributed by atoms with Crippen LogP contribution in [-0.2, 0) is 6.54 Å². The molecule has 0 fully saturated rings. The largest absolute Gasteiger partial charge is 0.335 e. The van der Waals surface area contributed by atoms with Crippen LogP contribution < -0.4 is 4.72 Å². The van der Waals surface area contributed by atoms with Gasteiger partial charge in [0.1, 0.15) is 11.3 Å². The summed E-state index contributed by atoms with van der Waals surface area (Å²) in [6.45, 7) is 0.461. The molecule has 0 unspecified atom stereocenters. The highest BCUT2D eigenvalue weighted by Gasteiger charge is 2.17. The first-order chi connectivity index (χ1) is 17.8. The molecule has 0 atom stereocenters. The van der Waals surface area contributed by atoms with Crippen LogP contribution in [0.15, 0.2) is 67.3 Å². The summed E-state index contributed by atoms with van der Waals surface area (Å²) in [4.78, 5) is 21.5. The summed E-state index contributed by atoms with van der Waals surface area (Å²) in [5, 5.41) is 7.51. The number of hydrogen-bond donors (Lipinski definition) is 3. The summed E-state index contributed by atoms with van der Waals surface area (Å²) in [6, 6.07) is 12.6. The molecule has 0 bridgehead atoms. The number of halogens is 1. The summed E-state index contributed by atoms with van der Waals surface area (Å²) in [7, 11) is -1.43. The molecule has 37 heavy (non-hydrogen) atoms. The number of benzene rings is 1.